The van der Waals surface area contributed by atoms with Gasteiger partial charge in [0, 0.05) is 25.2 Å². The van der Waals surface area contributed by atoms with Gasteiger partial charge < -0.3 is 29.6 Å². The Morgan fingerprint density at radius 1 is 0.500 bits per heavy atom. The van der Waals surface area contributed by atoms with E-state index >= 15 is 0 Å². The SMILES string of the molecule is O=[N+]([O-])c1ccc(NCCOCCOCCOCCOCCNc2ccc([N+](=O)[O-])cc2[N+](=O)[O-])c([N+](=O)[O-])c1. The van der Waals surface area contributed by atoms with E-state index in [-0.39, 0.29) is 62.3 Å². The number of nitrogens with one attached hydrogen (secondary N) is 2. The fourth-order valence-electron chi connectivity index (χ4n) is 3.15. The van der Waals surface area contributed by atoms with Crippen molar-refractivity contribution < 1.29 is 38.6 Å². The Labute approximate surface area is 226 Å². The quantitative estimate of drug-likeness (QED) is 0.125. The second-order valence-electron chi connectivity index (χ2n) is 7.73. The van der Waals surface area contributed by atoms with E-state index in [4.69, 9.17) is 18.9 Å². The van der Waals surface area contributed by atoms with Crippen molar-refractivity contribution >= 4 is 34.1 Å². The van der Waals surface area contributed by atoms with Crippen LogP contribution < -0.4 is 10.6 Å². The molecule has 2 rings (SSSR count). The maximum absolute atomic E-state index is 11.1. The van der Waals surface area contributed by atoms with Gasteiger partial charge in [-0.25, -0.2) is 0 Å². The lowest BCUT2D eigenvalue weighted by Crippen LogP contribution is -2.16. The smallest absolute Gasteiger partial charge is 0.299 e. The first-order valence-electron chi connectivity index (χ1n) is 11.8. The molecule has 218 valence electrons. The van der Waals surface area contributed by atoms with Gasteiger partial charge in [-0.3, -0.25) is 40.5 Å². The van der Waals surface area contributed by atoms with Crippen LogP contribution in [0.1, 0.15) is 0 Å². The van der Waals surface area contributed by atoms with Gasteiger partial charge in [-0.05, 0) is 12.1 Å². The predicted molar refractivity (Wildman–Crippen MR) is 140 cm³/mol. The minimum atomic E-state index is -0.704. The zero-order valence-electron chi connectivity index (χ0n) is 21.2. The molecule has 0 aliphatic carbocycles. The summed E-state index contributed by atoms with van der Waals surface area (Å²) in [5.41, 5.74) is -1.22. The number of non-ortho nitro benzene ring substituents is 2. The normalized spacial score (nSPS) is 10.7. The van der Waals surface area contributed by atoms with E-state index in [9.17, 15) is 40.5 Å². The number of anilines is 2. The monoisotopic (exact) mass is 568 g/mol. The zero-order valence-corrected chi connectivity index (χ0v) is 21.2. The maximum Gasteiger partial charge on any atom is 0.299 e. The van der Waals surface area contributed by atoms with Crippen LogP contribution in [0.15, 0.2) is 36.4 Å². The molecule has 0 radical (unpaired) electrons. The maximum atomic E-state index is 11.1. The molecule has 0 saturated carbocycles. The fraction of sp³-hybridized carbons (Fsp3) is 0.455. The van der Waals surface area contributed by atoms with Gasteiger partial charge in [0.15, 0.2) is 0 Å². The van der Waals surface area contributed by atoms with Gasteiger partial charge >= 0.3 is 0 Å². The minimum Gasteiger partial charge on any atom is -0.377 e. The van der Waals surface area contributed by atoms with E-state index in [1.54, 1.807) is 0 Å². The van der Waals surface area contributed by atoms with Crippen LogP contribution in [-0.4, -0.2) is 85.6 Å². The van der Waals surface area contributed by atoms with Gasteiger partial charge in [-0.15, -0.1) is 0 Å². The van der Waals surface area contributed by atoms with Crippen LogP contribution in [0.4, 0.5) is 34.1 Å². The fourth-order valence-corrected chi connectivity index (χ4v) is 3.15. The number of nitro benzene ring substituents is 4. The van der Waals surface area contributed by atoms with Gasteiger partial charge in [0.05, 0.1) is 84.7 Å². The van der Waals surface area contributed by atoms with Crippen molar-refractivity contribution in [2.45, 2.75) is 0 Å². The number of nitrogens with zero attached hydrogens (tertiary/aromatic N) is 4. The lowest BCUT2D eigenvalue weighted by Gasteiger charge is -2.09. The second-order valence-corrected chi connectivity index (χ2v) is 7.73. The van der Waals surface area contributed by atoms with Gasteiger partial charge in [-0.1, -0.05) is 0 Å². The average Bonchev–Trinajstić information content (AvgIpc) is 2.92. The molecule has 0 aliphatic rings. The second kappa shape index (κ2) is 17.1. The molecular weight excluding hydrogens is 540 g/mol. The van der Waals surface area contributed by atoms with E-state index in [2.05, 4.69) is 10.6 Å². The molecule has 2 N–H and O–H groups in total. The lowest BCUT2D eigenvalue weighted by molar-refractivity contribution is -0.393. The molecule has 0 spiro atoms. The summed E-state index contributed by atoms with van der Waals surface area (Å²) in [6, 6.07) is 6.69. The molecular formula is C22H28N6O12. The first kappa shape index (κ1) is 31.7. The largest absolute Gasteiger partial charge is 0.377 e. The Hall–Kier alpha value is -4.52. The molecule has 2 aromatic rings. The molecule has 18 nitrogen and oxygen atoms in total. The van der Waals surface area contributed by atoms with Gasteiger partial charge in [-0.2, -0.15) is 0 Å². The van der Waals surface area contributed by atoms with Crippen molar-refractivity contribution in [3.63, 3.8) is 0 Å². The highest BCUT2D eigenvalue weighted by Crippen LogP contribution is 2.29. The number of ether oxygens (including phenoxy) is 4. The topological polar surface area (TPSA) is 234 Å². The highest BCUT2D eigenvalue weighted by molar-refractivity contribution is 5.66. The van der Waals surface area contributed by atoms with Crippen molar-refractivity contribution in [1.29, 1.82) is 0 Å². The Balaban J connectivity index is 1.45. The van der Waals surface area contributed by atoms with Crippen LogP contribution in [0.2, 0.25) is 0 Å². The molecule has 40 heavy (non-hydrogen) atoms. The van der Waals surface area contributed by atoms with Crippen molar-refractivity contribution in [2.24, 2.45) is 0 Å². The summed E-state index contributed by atoms with van der Waals surface area (Å²) >= 11 is 0. The van der Waals surface area contributed by atoms with Crippen LogP contribution in [0.5, 0.6) is 0 Å². The van der Waals surface area contributed by atoms with E-state index in [1.807, 2.05) is 0 Å². The van der Waals surface area contributed by atoms with Crippen molar-refractivity contribution in [2.75, 3.05) is 76.6 Å². The van der Waals surface area contributed by atoms with Crippen LogP contribution >= 0.6 is 0 Å². The molecule has 0 fully saturated rings. The van der Waals surface area contributed by atoms with Gasteiger partial charge in [0.2, 0.25) is 0 Å². The number of nitro groups is 4. The molecule has 0 saturated heterocycles. The molecule has 0 heterocycles. The van der Waals surface area contributed by atoms with Crippen LogP contribution in [-0.2, 0) is 18.9 Å². The summed E-state index contributed by atoms with van der Waals surface area (Å²) in [5.74, 6) is 0. The molecule has 0 atom stereocenters. The number of hydrogen-bond acceptors (Lipinski definition) is 14. The van der Waals surface area contributed by atoms with Gasteiger partial charge in [0.25, 0.3) is 22.7 Å². The van der Waals surface area contributed by atoms with Crippen LogP contribution in [0.25, 0.3) is 0 Å². The molecule has 0 bridgehead atoms. The van der Waals surface area contributed by atoms with E-state index in [1.165, 1.54) is 24.3 Å². The third kappa shape index (κ3) is 11.1. The van der Waals surface area contributed by atoms with Crippen LogP contribution in [0.3, 0.4) is 0 Å². The first-order valence-corrected chi connectivity index (χ1v) is 11.8. The lowest BCUT2D eigenvalue weighted by atomic mass is 10.2. The Morgan fingerprint density at radius 2 is 0.825 bits per heavy atom. The summed E-state index contributed by atoms with van der Waals surface area (Å²) in [5, 5.41) is 49.4. The predicted octanol–water partition coefficient (Wildman–Crippen LogP) is 2.91. The van der Waals surface area contributed by atoms with Crippen molar-refractivity contribution in [1.82, 2.24) is 0 Å². The molecule has 18 heteroatoms. The highest BCUT2D eigenvalue weighted by atomic mass is 16.6. The average molecular weight is 568 g/mol. The van der Waals surface area contributed by atoms with E-state index < -0.39 is 31.1 Å². The van der Waals surface area contributed by atoms with Gasteiger partial charge in [0.1, 0.15) is 11.4 Å². The van der Waals surface area contributed by atoms with Crippen molar-refractivity contribution in [3.8, 4) is 0 Å². The standard InChI is InChI=1S/C22H28N6O12/c29-25(30)17-1-3-19(21(15-17)27(33)34)23-5-7-37-9-11-39-13-14-40-12-10-38-8-6-24-20-4-2-18(26(31)32)16-22(20)28(35)36/h1-4,15-16,23-24H,5-14H2. The van der Waals surface area contributed by atoms with E-state index in [0.717, 1.165) is 12.1 Å². The molecule has 2 aromatic carbocycles. The zero-order chi connectivity index (χ0) is 29.3. The molecule has 0 amide bonds. The number of hydrogen-bond donors (Lipinski definition) is 2. The summed E-state index contributed by atoms with van der Waals surface area (Å²) in [6.45, 7) is 2.79. The Kier molecular flexibility index (Phi) is 13.6. The summed E-state index contributed by atoms with van der Waals surface area (Å²) in [7, 11) is 0. The van der Waals surface area contributed by atoms with Crippen LogP contribution in [0, 0.1) is 40.5 Å². The van der Waals surface area contributed by atoms with E-state index in [0.29, 0.717) is 26.4 Å². The number of benzene rings is 2. The Morgan fingerprint density at radius 3 is 1.12 bits per heavy atom. The molecule has 0 unspecified atom stereocenters. The molecule has 0 aliphatic heterocycles. The molecule has 0 aromatic heterocycles. The summed E-state index contributed by atoms with van der Waals surface area (Å²) in [6.07, 6.45) is 0. The number of rotatable bonds is 21. The summed E-state index contributed by atoms with van der Waals surface area (Å²) in [4.78, 5) is 40.9. The van der Waals surface area contributed by atoms with Crippen molar-refractivity contribution in [3.05, 3.63) is 76.9 Å². The third-order valence-corrected chi connectivity index (χ3v) is 5.02. The highest BCUT2D eigenvalue weighted by Gasteiger charge is 2.20. The minimum absolute atomic E-state index is 0.154. The first-order chi connectivity index (χ1) is 19.2. The summed E-state index contributed by atoms with van der Waals surface area (Å²) < 4.78 is 21.5. The third-order valence-electron chi connectivity index (χ3n) is 5.02. The Bertz CT molecular complexity index is 1080.